The van der Waals surface area contributed by atoms with Gasteiger partial charge in [0.15, 0.2) is 0 Å². The molecule has 12 rings (SSSR count). The first-order valence-electron chi connectivity index (χ1n) is 53.7. The Balaban J connectivity index is 0.000000843. The molecule has 43 nitrogen and oxygen atoms in total. The molecule has 8 saturated carbocycles. The first kappa shape index (κ1) is 144. The van der Waals surface area contributed by atoms with Crippen LogP contribution in [-0.4, -0.2) is 369 Å². The largest absolute Gasteiger partial charge is 0.497 e. The number of aliphatic hydroxyl groups is 1. The number of quaternary nitrogens is 1. The highest BCUT2D eigenvalue weighted by Gasteiger charge is 2.51. The molecule has 3 saturated heterocycles. The van der Waals surface area contributed by atoms with Gasteiger partial charge < -0.3 is 60.8 Å². The molecule has 0 aromatic heterocycles. The van der Waals surface area contributed by atoms with Gasteiger partial charge in [0.05, 0.1) is 105 Å². The van der Waals surface area contributed by atoms with E-state index in [-0.39, 0.29) is 76.6 Å². The smallest absolute Gasteiger partial charge is 0.322 e. The highest BCUT2D eigenvalue weighted by Crippen LogP contribution is 2.56. The fourth-order valence-electron chi connectivity index (χ4n) is 21.0. The van der Waals surface area contributed by atoms with Crippen LogP contribution in [-0.2, 0) is 111 Å². The van der Waals surface area contributed by atoms with Crippen LogP contribution in [0.15, 0.2) is 24.3 Å². The zero-order chi connectivity index (χ0) is 113. The third-order valence-corrected chi connectivity index (χ3v) is 36.1. The number of anilines is 1. The molecule has 149 heavy (non-hydrogen) atoms. The van der Waals surface area contributed by atoms with Crippen LogP contribution in [0, 0.1) is 53.3 Å². The molecule has 886 valence electrons. The average molecular weight is 2340 g/mol. The predicted molar refractivity (Wildman–Crippen MR) is 588 cm³/mol. The van der Waals surface area contributed by atoms with Crippen molar-refractivity contribution in [2.45, 2.75) is 322 Å². The summed E-state index contributed by atoms with van der Waals surface area (Å²) >= 11 is 0. The fraction of sp³-hybridized carbons (Fsp3) is 0.927. The molecule has 0 amide bonds. The number of benzene rings is 1. The fourth-order valence-corrected chi connectivity index (χ4v) is 26.6. The van der Waals surface area contributed by atoms with Crippen molar-refractivity contribution >= 4 is 113 Å². The molecular formula is C96H194N9O34S10+. The lowest BCUT2D eigenvalue weighted by Crippen LogP contribution is -2.58. The number of methoxy groups -OCH3 is 2. The van der Waals surface area contributed by atoms with Gasteiger partial charge in [0.1, 0.15) is 11.8 Å². The van der Waals surface area contributed by atoms with Gasteiger partial charge in [-0.3, -0.25) is 50.3 Å². The highest BCUT2D eigenvalue weighted by molar-refractivity contribution is 7.87. The van der Waals surface area contributed by atoms with Crippen LogP contribution in [0.4, 0.5) is 5.69 Å². The van der Waals surface area contributed by atoms with E-state index in [2.05, 4.69) is 62.3 Å². The van der Waals surface area contributed by atoms with Crippen LogP contribution in [0.2, 0.25) is 0 Å². The number of carbonyl (C=O) groups is 1. The maximum Gasteiger partial charge on any atom is 0.322 e. The molecule has 1 aromatic rings. The van der Waals surface area contributed by atoms with Crippen molar-refractivity contribution < 1.29 is 154 Å². The Morgan fingerprint density at radius 1 is 0.389 bits per heavy atom. The second kappa shape index (κ2) is 75.9. The molecule has 3 aliphatic heterocycles. The van der Waals surface area contributed by atoms with Crippen molar-refractivity contribution in [3.8, 4) is 5.75 Å². The molecule has 2 atom stereocenters. The standard InChI is InChI=1S/2C14H25NO3S.C13H29NO6S2.C12H27NO3S.C11H21NO3S.C10H15NO4S.C9H21NO4S.C7H15NO5S.C6H15NO3S/c16-19(17,18)4-2-1-3-15-14-8-11-5-12(9-14)7-13(6-11)10-14;16-19(17,18)4-2-1-3-15-14-12-6-10-5-11(8-12)9-13(14)7-10;1-13(2)7-10-14(8-3-5-11-21(15,16)17)9-4-6-12-22(18,19)20;1-2-3-4-5-6-7-10-13-11-8-9-12-17(14,15)16;13-16(14,15)10-2-1-6-12-7-3-11(4-8-12)5-9-12;1-15-10-5-3-9(4-6-10)11-7-2-8-16(12,13)14;1-2-5-9(8-11)10-6-3-4-7-15(12,13)14;1-6(7(9)13-2)8-4-3-5-14(10,11)12;1-7(2)5-3-4-6-11(8,9)10/h11-13,15H,1-10H2,(H,16,17,18);10-15H,1-9H2,(H,16,17,18);13H,3-12H2,1-2H3,(H,15,16,17)(H,18,19,20);13H,2-12H2,1H3,(H,14,15,16);11H,1-10H2;3-6,11H,2,7-8H2,1H3,(H,12,13,14);9-11H,2-8H2,1H3,(H,12,13,14);6,8H,3-5H2,1-2H3,(H,10,11,12);3-6H2,1-2H3,(H,8,9,10)/p+1/t;;;;;;;6-;/m.......1./s1. The van der Waals surface area contributed by atoms with Gasteiger partial charge in [-0.05, 0) is 389 Å². The number of fused-ring (bicyclic) bond motifs is 3. The Labute approximate surface area is 897 Å². The molecule has 1 unspecified atom stereocenters. The molecule has 1 aromatic carbocycles. The van der Waals surface area contributed by atoms with E-state index in [4.69, 9.17) is 55.4 Å². The molecule has 53 heteroatoms. The molecule has 11 fully saturated rings. The Kier molecular flexibility index (Phi) is 73.4. The minimum absolute atomic E-state index is 0.0738. The van der Waals surface area contributed by atoms with Crippen LogP contribution < -0.4 is 36.6 Å². The van der Waals surface area contributed by atoms with Crippen LogP contribution in [0.3, 0.4) is 0 Å². The third kappa shape index (κ3) is 83.0. The number of hydrogen-bond donors (Lipinski definition) is 17. The molecule has 17 N–H and O–H groups in total. The molecule has 3 heterocycles. The number of hydrogen-bond acceptors (Lipinski definition) is 32. The van der Waals surface area contributed by atoms with E-state index in [0.717, 1.165) is 156 Å². The normalized spacial score (nSPS) is 22.2. The Hall–Kier alpha value is -2.97. The van der Waals surface area contributed by atoms with E-state index >= 15 is 0 Å². The van der Waals surface area contributed by atoms with E-state index in [9.17, 15) is 89.0 Å². The van der Waals surface area contributed by atoms with Gasteiger partial charge in [0, 0.05) is 29.9 Å². The molecule has 11 aliphatic rings. The number of ether oxygens (including phenoxy) is 2. The lowest BCUT2D eigenvalue weighted by Gasteiger charge is -2.57. The maximum atomic E-state index is 10.9. The summed E-state index contributed by atoms with van der Waals surface area (Å²) in [5, 5.41) is 28.6. The Morgan fingerprint density at radius 2 is 0.745 bits per heavy atom. The lowest BCUT2D eigenvalue weighted by atomic mass is 9.53. The summed E-state index contributed by atoms with van der Waals surface area (Å²) in [5.41, 5.74) is 1.25. The number of esters is 1. The second-order valence-corrected chi connectivity index (χ2v) is 58.3. The van der Waals surface area contributed by atoms with Crippen molar-refractivity contribution in [1.82, 2.24) is 36.4 Å². The Bertz CT molecular complexity index is 4840. The van der Waals surface area contributed by atoms with Gasteiger partial charge in [0.2, 0.25) is 0 Å². The first-order chi connectivity index (χ1) is 69.3. The Morgan fingerprint density at radius 3 is 1.13 bits per heavy atom. The quantitative estimate of drug-likeness (QED) is 0.0125. The van der Waals surface area contributed by atoms with Crippen molar-refractivity contribution in [2.24, 2.45) is 53.3 Å². The van der Waals surface area contributed by atoms with Gasteiger partial charge in [-0.25, -0.2) is 0 Å². The molecule has 0 spiro atoms. The monoisotopic (exact) mass is 2340 g/mol. The van der Waals surface area contributed by atoms with Crippen molar-refractivity contribution in [3.63, 3.8) is 0 Å². The minimum Gasteiger partial charge on any atom is -0.497 e. The summed E-state index contributed by atoms with van der Waals surface area (Å²) < 4.78 is 306. The van der Waals surface area contributed by atoms with Crippen LogP contribution in [0.25, 0.3) is 0 Å². The summed E-state index contributed by atoms with van der Waals surface area (Å²) in [6.07, 6.45) is 41.0. The van der Waals surface area contributed by atoms with Gasteiger partial charge in [-0.2, -0.15) is 84.2 Å². The van der Waals surface area contributed by atoms with Gasteiger partial charge in [0.25, 0.3) is 101 Å². The summed E-state index contributed by atoms with van der Waals surface area (Å²) in [6, 6.07) is 7.61. The summed E-state index contributed by atoms with van der Waals surface area (Å²) in [4.78, 5) is 15.0. The lowest BCUT2D eigenvalue weighted by molar-refractivity contribution is -0.942. The molecule has 0 radical (unpaired) electrons. The van der Waals surface area contributed by atoms with E-state index < -0.39 is 113 Å². The summed E-state index contributed by atoms with van der Waals surface area (Å²) in [5.74, 6) is 6.75. The first-order valence-corrected chi connectivity index (χ1v) is 69.8. The molecular weight excluding hydrogens is 2140 g/mol. The topological polar surface area (TPSA) is 678 Å². The van der Waals surface area contributed by atoms with Gasteiger partial charge in [-0.15, -0.1) is 0 Å². The average Bonchev–Trinajstić information content (AvgIpc) is 0.751. The van der Waals surface area contributed by atoms with Crippen LogP contribution in [0.1, 0.15) is 298 Å². The maximum absolute atomic E-state index is 10.9. The van der Waals surface area contributed by atoms with Crippen molar-refractivity contribution in [3.05, 3.63) is 24.3 Å². The van der Waals surface area contributed by atoms with Crippen LogP contribution >= 0.6 is 0 Å². The SMILES string of the molecule is CC(C)CCN(CCCCS(=O)(=O)O)CCCCS(=O)(=O)O.CCCC(CO)NCCCCS(=O)(=O)O.CCCCCCCCNCCCCS(=O)(=O)O.CN(C)CCCCS(=O)(=O)O.COC(=O)[C@@H](C)NCCCS(=O)(=O)O.COc1ccc(NCCCS(=O)(=O)O)cc1.O=S(=O)(O)CCCCNC12CC3CC(CC(C3)C1)C2.O=S(=O)(O)CCCCNC1C2CC3CC(C2)CC1C3.O=S(=O)(O)CCCC[N+]12CCC(CC1)CC2. The number of nitrogens with zero attached hydrogens (tertiary/aromatic N) is 3. The van der Waals surface area contributed by atoms with Crippen LogP contribution in [0.5, 0.6) is 5.75 Å². The van der Waals surface area contributed by atoms with E-state index in [1.807, 2.05) is 50.2 Å². The molecule has 10 bridgehead atoms. The number of nitrogens with one attached hydrogen (secondary N) is 6. The number of rotatable bonds is 68. The number of aliphatic hydroxyl groups excluding tert-OH is 1. The number of piperidine rings is 3. The number of carbonyl (C=O) groups excluding carboxylic acids is 1. The van der Waals surface area contributed by atoms with E-state index in [0.29, 0.717) is 127 Å². The summed E-state index contributed by atoms with van der Waals surface area (Å²) in [6.45, 7) is 23.5. The van der Waals surface area contributed by atoms with E-state index in [1.165, 1.54) is 160 Å². The minimum atomic E-state index is -3.90. The molecule has 8 aliphatic carbocycles. The zero-order valence-electron chi connectivity index (χ0n) is 90.3. The second-order valence-electron chi connectivity index (χ2n) is 42.5. The number of unbranched alkanes of at least 4 members (excludes halogenated alkanes) is 13. The third-order valence-electron chi connectivity index (χ3n) is 28.1. The highest BCUT2D eigenvalue weighted by atomic mass is 32.3. The predicted octanol–water partition coefficient (Wildman–Crippen LogP) is 11.3. The summed E-state index contributed by atoms with van der Waals surface area (Å²) in [7, 11) is -31.5. The van der Waals surface area contributed by atoms with Crippen molar-refractivity contribution in [1.29, 1.82) is 0 Å². The van der Waals surface area contributed by atoms with Crippen molar-refractivity contribution in [2.75, 3.05) is 196 Å². The van der Waals surface area contributed by atoms with Gasteiger partial charge >= 0.3 is 5.97 Å². The van der Waals surface area contributed by atoms with Gasteiger partial charge in [-0.1, -0.05) is 66.2 Å². The zero-order valence-corrected chi connectivity index (χ0v) is 98.5. The van der Waals surface area contributed by atoms with E-state index in [1.54, 1.807) is 14.0 Å².